The van der Waals surface area contributed by atoms with Gasteiger partial charge in [0.2, 0.25) is 0 Å². The van der Waals surface area contributed by atoms with Gasteiger partial charge in [-0.15, -0.1) is 11.3 Å². The second-order valence-corrected chi connectivity index (χ2v) is 11.0. The lowest BCUT2D eigenvalue weighted by atomic mass is 10.2. The molecule has 2 aromatic carbocycles. The van der Waals surface area contributed by atoms with Crippen LogP contribution in [0.2, 0.25) is 4.34 Å². The number of hydrogen-bond acceptors (Lipinski definition) is 7. The SMILES string of the molecule is CCCNc1ccc2c(=O)n(-c3ccc(NC(=O)NS(=O)(=O)c4ccc(Cl)s4)cc3F)cnc2c1. The molecule has 0 saturated heterocycles. The predicted molar refractivity (Wildman–Crippen MR) is 135 cm³/mol. The average molecular weight is 536 g/mol. The Kier molecular flexibility index (Phi) is 7.05. The van der Waals surface area contributed by atoms with E-state index in [2.05, 4.69) is 15.6 Å². The van der Waals surface area contributed by atoms with E-state index in [9.17, 15) is 22.4 Å². The van der Waals surface area contributed by atoms with E-state index in [1.165, 1.54) is 30.6 Å². The summed E-state index contributed by atoms with van der Waals surface area (Å²) in [5.41, 5.74) is 0.736. The first-order valence-corrected chi connectivity index (χ1v) is 13.0. The summed E-state index contributed by atoms with van der Waals surface area (Å²) in [6, 6.07) is 10.3. The molecule has 0 radical (unpaired) electrons. The fourth-order valence-corrected chi connectivity index (χ4v) is 5.61. The maximum atomic E-state index is 14.9. The molecule has 0 unspecified atom stereocenters. The Hall–Kier alpha value is -3.48. The van der Waals surface area contributed by atoms with Crippen LogP contribution in [-0.2, 0) is 10.0 Å². The predicted octanol–water partition coefficient (Wildman–Crippen LogP) is 4.57. The van der Waals surface area contributed by atoms with Gasteiger partial charge in [-0.3, -0.25) is 9.36 Å². The summed E-state index contributed by atoms with van der Waals surface area (Å²) in [4.78, 5) is 29.4. The standard InChI is InChI=1S/C22H19ClFN5O4S2/c1-2-9-25-13-3-5-15-17(11-13)26-12-29(21(15)30)18-6-4-14(10-16(18)24)27-22(31)28-35(32,33)20-8-7-19(23)34-20/h3-8,10-12,25H,2,9H2,1H3,(H2,27,28,31). The van der Waals surface area contributed by atoms with E-state index in [4.69, 9.17) is 11.6 Å². The third-order valence-electron chi connectivity index (χ3n) is 4.84. The minimum atomic E-state index is -4.13. The minimum Gasteiger partial charge on any atom is -0.385 e. The number of anilines is 2. The molecule has 0 aliphatic carbocycles. The second-order valence-electron chi connectivity index (χ2n) is 7.36. The molecule has 2 heterocycles. The lowest BCUT2D eigenvalue weighted by Crippen LogP contribution is -2.34. The fourth-order valence-electron chi connectivity index (χ4n) is 3.22. The van der Waals surface area contributed by atoms with Crippen LogP contribution >= 0.6 is 22.9 Å². The minimum absolute atomic E-state index is 0.0170. The Labute approximate surface area is 208 Å². The quantitative estimate of drug-likeness (QED) is 0.318. The first-order chi connectivity index (χ1) is 16.7. The number of benzene rings is 2. The molecule has 0 aliphatic heterocycles. The van der Waals surface area contributed by atoms with Crippen molar-refractivity contribution in [3.05, 3.63) is 75.4 Å². The van der Waals surface area contributed by atoms with Gasteiger partial charge < -0.3 is 10.6 Å². The third-order valence-corrected chi connectivity index (χ3v) is 7.90. The van der Waals surface area contributed by atoms with Gasteiger partial charge in [-0.1, -0.05) is 18.5 Å². The molecular formula is C22H19ClFN5O4S2. The number of urea groups is 1. The Balaban J connectivity index is 1.54. The van der Waals surface area contributed by atoms with Crippen molar-refractivity contribution in [2.24, 2.45) is 0 Å². The molecule has 3 N–H and O–H groups in total. The molecule has 0 aliphatic rings. The lowest BCUT2D eigenvalue weighted by molar-refractivity contribution is 0.256. The van der Waals surface area contributed by atoms with Gasteiger partial charge in [-0.2, -0.15) is 0 Å². The highest BCUT2D eigenvalue weighted by Gasteiger charge is 2.20. The molecule has 0 saturated carbocycles. The van der Waals surface area contributed by atoms with E-state index in [1.54, 1.807) is 18.2 Å². The topological polar surface area (TPSA) is 122 Å². The molecule has 4 aromatic rings. The Morgan fingerprint density at radius 3 is 2.60 bits per heavy atom. The summed E-state index contributed by atoms with van der Waals surface area (Å²) in [6.45, 7) is 2.82. The van der Waals surface area contributed by atoms with Crippen LogP contribution in [0.1, 0.15) is 13.3 Å². The normalized spacial score (nSPS) is 11.4. The van der Waals surface area contributed by atoms with Gasteiger partial charge in [-0.05, 0) is 55.0 Å². The van der Waals surface area contributed by atoms with Crippen LogP contribution in [-0.4, -0.2) is 30.5 Å². The van der Waals surface area contributed by atoms with Gasteiger partial charge in [-0.25, -0.2) is 27.3 Å². The van der Waals surface area contributed by atoms with E-state index in [-0.39, 0.29) is 19.9 Å². The molecule has 0 spiro atoms. The number of rotatable bonds is 7. The van der Waals surface area contributed by atoms with Crippen LogP contribution in [0.25, 0.3) is 16.6 Å². The van der Waals surface area contributed by atoms with Crippen molar-refractivity contribution in [2.45, 2.75) is 17.6 Å². The molecule has 0 fully saturated rings. The average Bonchev–Trinajstić information content (AvgIpc) is 3.25. The first-order valence-electron chi connectivity index (χ1n) is 10.3. The van der Waals surface area contributed by atoms with Gasteiger partial charge in [0, 0.05) is 17.9 Å². The van der Waals surface area contributed by atoms with Crippen molar-refractivity contribution >= 4 is 61.3 Å². The zero-order chi connectivity index (χ0) is 25.2. The summed E-state index contributed by atoms with van der Waals surface area (Å²) in [5, 5.41) is 5.78. The van der Waals surface area contributed by atoms with Gasteiger partial charge in [0.1, 0.15) is 16.4 Å². The maximum absolute atomic E-state index is 14.9. The maximum Gasteiger partial charge on any atom is 0.333 e. The zero-order valence-electron chi connectivity index (χ0n) is 18.2. The lowest BCUT2D eigenvalue weighted by Gasteiger charge is -2.11. The number of carbonyl (C=O) groups is 1. The van der Waals surface area contributed by atoms with Crippen molar-refractivity contribution in [3.8, 4) is 5.69 Å². The number of carbonyl (C=O) groups excluding carboxylic acids is 1. The number of thiophene rings is 1. The molecule has 4 rings (SSSR count). The third kappa shape index (κ3) is 5.45. The van der Waals surface area contributed by atoms with Gasteiger partial charge in [0.15, 0.2) is 0 Å². The van der Waals surface area contributed by atoms with E-state index in [1.807, 2.05) is 11.6 Å². The van der Waals surface area contributed by atoms with E-state index in [0.717, 1.165) is 40.6 Å². The highest BCUT2D eigenvalue weighted by atomic mass is 35.5. The Morgan fingerprint density at radius 1 is 1.14 bits per heavy atom. The van der Waals surface area contributed by atoms with Gasteiger partial charge in [0.25, 0.3) is 15.6 Å². The number of fused-ring (bicyclic) bond motifs is 1. The highest BCUT2D eigenvalue weighted by molar-refractivity contribution is 7.92. The molecule has 0 bridgehead atoms. The van der Waals surface area contributed by atoms with Crippen LogP contribution in [0.3, 0.4) is 0 Å². The zero-order valence-corrected chi connectivity index (χ0v) is 20.6. The van der Waals surface area contributed by atoms with Crippen LogP contribution < -0.4 is 20.9 Å². The summed E-state index contributed by atoms with van der Waals surface area (Å²) < 4.78 is 42.3. The number of amides is 2. The van der Waals surface area contributed by atoms with E-state index in [0.29, 0.717) is 10.9 Å². The number of nitrogens with zero attached hydrogens (tertiary/aromatic N) is 2. The smallest absolute Gasteiger partial charge is 0.333 e. The summed E-state index contributed by atoms with van der Waals surface area (Å²) in [7, 11) is -4.13. The number of sulfonamides is 1. The molecule has 0 atom stereocenters. The molecular weight excluding hydrogens is 517 g/mol. The molecule has 9 nitrogen and oxygen atoms in total. The van der Waals surface area contributed by atoms with Crippen molar-refractivity contribution in [3.63, 3.8) is 0 Å². The molecule has 2 aromatic heterocycles. The van der Waals surface area contributed by atoms with Crippen LogP contribution in [0, 0.1) is 5.82 Å². The number of hydrogen-bond donors (Lipinski definition) is 3. The van der Waals surface area contributed by atoms with Crippen LogP contribution in [0.4, 0.5) is 20.6 Å². The fraction of sp³-hybridized carbons (Fsp3) is 0.136. The summed E-state index contributed by atoms with van der Waals surface area (Å²) in [5.74, 6) is -0.819. The monoisotopic (exact) mass is 535 g/mol. The van der Waals surface area contributed by atoms with Gasteiger partial charge >= 0.3 is 6.03 Å². The Morgan fingerprint density at radius 2 is 1.91 bits per heavy atom. The molecule has 35 heavy (non-hydrogen) atoms. The van der Waals surface area contributed by atoms with E-state index >= 15 is 0 Å². The largest absolute Gasteiger partial charge is 0.385 e. The van der Waals surface area contributed by atoms with Gasteiger partial charge in [0.05, 0.1) is 20.9 Å². The van der Waals surface area contributed by atoms with Crippen LogP contribution in [0.5, 0.6) is 0 Å². The molecule has 182 valence electrons. The summed E-state index contributed by atoms with van der Waals surface area (Å²) in [6.07, 6.45) is 2.17. The second kappa shape index (κ2) is 10.0. The summed E-state index contributed by atoms with van der Waals surface area (Å²) >= 11 is 6.52. The highest BCUT2D eigenvalue weighted by Crippen LogP contribution is 2.25. The first kappa shape index (κ1) is 24.6. The van der Waals surface area contributed by atoms with Crippen molar-refractivity contribution in [1.29, 1.82) is 0 Å². The van der Waals surface area contributed by atoms with E-state index < -0.39 is 27.4 Å². The molecule has 2 amide bonds. The number of halogens is 2. The van der Waals surface area contributed by atoms with Crippen molar-refractivity contribution < 1.29 is 17.6 Å². The number of nitrogens with one attached hydrogen (secondary N) is 3. The number of aromatic nitrogens is 2. The Bertz CT molecular complexity index is 1590. The molecule has 13 heteroatoms. The van der Waals surface area contributed by atoms with Crippen LogP contribution in [0.15, 0.2) is 63.9 Å². The van der Waals surface area contributed by atoms with Crippen molar-refractivity contribution in [2.75, 3.05) is 17.2 Å². The van der Waals surface area contributed by atoms with Crippen molar-refractivity contribution in [1.82, 2.24) is 14.3 Å².